The van der Waals surface area contributed by atoms with Crippen LogP contribution in [-0.2, 0) is 9.53 Å². The molecule has 0 saturated carbocycles. The van der Waals surface area contributed by atoms with Gasteiger partial charge in [-0.3, -0.25) is 4.79 Å². The predicted molar refractivity (Wildman–Crippen MR) is 66.1 cm³/mol. The van der Waals surface area contributed by atoms with E-state index < -0.39 is 18.0 Å². The van der Waals surface area contributed by atoms with Crippen LogP contribution in [0.25, 0.3) is 0 Å². The summed E-state index contributed by atoms with van der Waals surface area (Å²) in [5, 5.41) is 0. The summed E-state index contributed by atoms with van der Waals surface area (Å²) in [7, 11) is 1.44. The first-order valence-electron chi connectivity index (χ1n) is 5.43. The fraction of sp³-hybridized carbons (Fsp3) is 0.333. The molecule has 6 nitrogen and oxygen atoms in total. The smallest absolute Gasteiger partial charge is 0.339 e. The molecule has 0 aliphatic heterocycles. The van der Waals surface area contributed by atoms with Crippen molar-refractivity contribution in [2.45, 2.75) is 19.4 Å². The molecule has 0 aliphatic rings. The molecule has 4 N–H and O–H groups in total. The van der Waals surface area contributed by atoms with E-state index in [0.29, 0.717) is 17.9 Å². The lowest BCUT2D eigenvalue weighted by atomic mass is 10.2. The Hall–Kier alpha value is -2.24. The van der Waals surface area contributed by atoms with Crippen molar-refractivity contribution in [1.82, 2.24) is 0 Å². The van der Waals surface area contributed by atoms with Gasteiger partial charge in [-0.25, -0.2) is 4.79 Å². The van der Waals surface area contributed by atoms with Gasteiger partial charge < -0.3 is 20.9 Å². The van der Waals surface area contributed by atoms with Gasteiger partial charge >= 0.3 is 5.97 Å². The van der Waals surface area contributed by atoms with Crippen LogP contribution in [0.15, 0.2) is 18.2 Å². The molecule has 0 bridgehead atoms. The number of nitrogens with two attached hydrogens (primary N) is 2. The molecule has 1 amide bonds. The number of nitrogen functional groups attached to an aromatic ring is 1. The maximum absolute atomic E-state index is 11.8. The van der Waals surface area contributed by atoms with Crippen molar-refractivity contribution in [3.05, 3.63) is 23.8 Å². The van der Waals surface area contributed by atoms with E-state index in [9.17, 15) is 9.59 Å². The van der Waals surface area contributed by atoms with Crippen molar-refractivity contribution in [3.63, 3.8) is 0 Å². The van der Waals surface area contributed by atoms with Gasteiger partial charge in [-0.1, -0.05) is 6.92 Å². The molecule has 18 heavy (non-hydrogen) atoms. The summed E-state index contributed by atoms with van der Waals surface area (Å²) in [4.78, 5) is 22.7. The number of carbonyl (C=O) groups excluding carboxylic acids is 2. The van der Waals surface area contributed by atoms with Gasteiger partial charge in [0.05, 0.1) is 18.4 Å². The number of ether oxygens (including phenoxy) is 2. The van der Waals surface area contributed by atoms with E-state index in [0.717, 1.165) is 0 Å². The number of esters is 1. The first-order valence-corrected chi connectivity index (χ1v) is 5.43. The van der Waals surface area contributed by atoms with Crippen molar-refractivity contribution in [2.24, 2.45) is 5.73 Å². The molecular formula is C12H16N2O4. The second-order valence-electron chi connectivity index (χ2n) is 3.66. The number of anilines is 1. The Bertz CT molecular complexity index is 459. The summed E-state index contributed by atoms with van der Waals surface area (Å²) in [6.45, 7) is 1.70. The summed E-state index contributed by atoms with van der Waals surface area (Å²) < 4.78 is 9.97. The average molecular weight is 252 g/mol. The van der Waals surface area contributed by atoms with Crippen molar-refractivity contribution >= 4 is 17.6 Å². The molecule has 0 spiro atoms. The first kappa shape index (κ1) is 13.8. The molecule has 0 heterocycles. The van der Waals surface area contributed by atoms with Crippen LogP contribution in [0, 0.1) is 0 Å². The first-order chi connectivity index (χ1) is 8.49. The SMILES string of the molecule is CCC(OC(=O)c1ccc(N)c(OC)c1)C(N)=O. The van der Waals surface area contributed by atoms with Crippen LogP contribution in [0.4, 0.5) is 5.69 Å². The average Bonchev–Trinajstić information content (AvgIpc) is 2.35. The van der Waals surface area contributed by atoms with Gasteiger partial charge in [0.25, 0.3) is 5.91 Å². The third kappa shape index (κ3) is 3.13. The van der Waals surface area contributed by atoms with Gasteiger partial charge in [-0.05, 0) is 24.6 Å². The molecule has 0 aliphatic carbocycles. The Morgan fingerprint density at radius 1 is 1.39 bits per heavy atom. The Morgan fingerprint density at radius 3 is 2.56 bits per heavy atom. The Balaban J connectivity index is 2.87. The van der Waals surface area contributed by atoms with E-state index in [1.165, 1.54) is 25.3 Å². The monoisotopic (exact) mass is 252 g/mol. The van der Waals surface area contributed by atoms with Crippen molar-refractivity contribution in [3.8, 4) is 5.75 Å². The highest BCUT2D eigenvalue weighted by molar-refractivity contribution is 5.93. The molecule has 0 saturated heterocycles. The molecule has 1 unspecified atom stereocenters. The van der Waals surface area contributed by atoms with Gasteiger partial charge in [0.1, 0.15) is 5.75 Å². The zero-order chi connectivity index (χ0) is 13.7. The maximum Gasteiger partial charge on any atom is 0.339 e. The molecule has 0 fully saturated rings. The number of hydrogen-bond donors (Lipinski definition) is 2. The van der Waals surface area contributed by atoms with E-state index in [2.05, 4.69) is 0 Å². The van der Waals surface area contributed by atoms with Crippen molar-refractivity contribution < 1.29 is 19.1 Å². The van der Waals surface area contributed by atoms with Gasteiger partial charge in [0, 0.05) is 0 Å². The van der Waals surface area contributed by atoms with Crippen LogP contribution < -0.4 is 16.2 Å². The highest BCUT2D eigenvalue weighted by Crippen LogP contribution is 2.22. The maximum atomic E-state index is 11.8. The van der Waals surface area contributed by atoms with Crippen LogP contribution >= 0.6 is 0 Å². The van der Waals surface area contributed by atoms with Crippen molar-refractivity contribution in [2.75, 3.05) is 12.8 Å². The number of benzene rings is 1. The zero-order valence-electron chi connectivity index (χ0n) is 10.3. The van der Waals surface area contributed by atoms with Gasteiger partial charge in [-0.15, -0.1) is 0 Å². The molecular weight excluding hydrogens is 236 g/mol. The predicted octanol–water partition coefficient (Wildman–Crippen LogP) is 0.698. The number of amides is 1. The molecule has 1 atom stereocenters. The van der Waals surface area contributed by atoms with Crippen molar-refractivity contribution in [1.29, 1.82) is 0 Å². The van der Waals surface area contributed by atoms with Crippen LogP contribution in [0.5, 0.6) is 5.75 Å². The largest absolute Gasteiger partial charge is 0.495 e. The zero-order valence-corrected chi connectivity index (χ0v) is 10.3. The van der Waals surface area contributed by atoms with Crippen LogP contribution in [0.3, 0.4) is 0 Å². The van der Waals surface area contributed by atoms with Crippen LogP contribution in [-0.4, -0.2) is 25.1 Å². The molecule has 1 aromatic rings. The highest BCUT2D eigenvalue weighted by Gasteiger charge is 2.19. The summed E-state index contributed by atoms with van der Waals surface area (Å²) in [6.07, 6.45) is -0.603. The number of rotatable bonds is 5. The van der Waals surface area contributed by atoms with E-state index in [1.54, 1.807) is 6.92 Å². The lowest BCUT2D eigenvalue weighted by Crippen LogP contribution is -2.32. The summed E-state index contributed by atoms with van der Waals surface area (Å²) in [6, 6.07) is 4.47. The van der Waals surface area contributed by atoms with Crippen LogP contribution in [0.2, 0.25) is 0 Å². The molecule has 1 rings (SSSR count). The second-order valence-corrected chi connectivity index (χ2v) is 3.66. The molecule has 1 aromatic carbocycles. The molecule has 98 valence electrons. The standard InChI is InChI=1S/C12H16N2O4/c1-3-9(11(14)15)18-12(16)7-4-5-8(13)10(6-7)17-2/h4-6,9H,3,13H2,1-2H3,(H2,14,15). The Labute approximate surface area is 105 Å². The fourth-order valence-corrected chi connectivity index (χ4v) is 1.38. The third-order valence-electron chi connectivity index (χ3n) is 2.41. The summed E-state index contributed by atoms with van der Waals surface area (Å²) in [5.41, 5.74) is 11.4. The molecule has 0 aromatic heterocycles. The second kappa shape index (κ2) is 5.90. The minimum atomic E-state index is -0.930. The number of carbonyl (C=O) groups is 2. The molecule has 0 radical (unpaired) electrons. The van der Waals surface area contributed by atoms with E-state index in [1.807, 2.05) is 0 Å². The number of hydrogen-bond acceptors (Lipinski definition) is 5. The topological polar surface area (TPSA) is 105 Å². The minimum absolute atomic E-state index is 0.251. The number of primary amides is 1. The summed E-state index contributed by atoms with van der Waals surface area (Å²) >= 11 is 0. The number of methoxy groups -OCH3 is 1. The minimum Gasteiger partial charge on any atom is -0.495 e. The molecule has 6 heteroatoms. The van der Waals surface area contributed by atoms with Crippen LogP contribution in [0.1, 0.15) is 23.7 Å². The lowest BCUT2D eigenvalue weighted by molar-refractivity contribution is -0.126. The summed E-state index contributed by atoms with van der Waals surface area (Å²) in [5.74, 6) is -0.941. The van der Waals surface area contributed by atoms with E-state index >= 15 is 0 Å². The quantitative estimate of drug-likeness (QED) is 0.592. The van der Waals surface area contributed by atoms with Gasteiger partial charge in [0.2, 0.25) is 0 Å². The normalized spacial score (nSPS) is 11.7. The third-order valence-corrected chi connectivity index (χ3v) is 2.41. The van der Waals surface area contributed by atoms with E-state index in [4.69, 9.17) is 20.9 Å². The highest BCUT2D eigenvalue weighted by atomic mass is 16.5. The lowest BCUT2D eigenvalue weighted by Gasteiger charge is -2.13. The van der Waals surface area contributed by atoms with E-state index in [-0.39, 0.29) is 5.56 Å². The van der Waals surface area contributed by atoms with Gasteiger partial charge in [0.15, 0.2) is 6.10 Å². The van der Waals surface area contributed by atoms with Gasteiger partial charge in [-0.2, -0.15) is 0 Å². The fourth-order valence-electron chi connectivity index (χ4n) is 1.38. The Morgan fingerprint density at radius 2 is 2.06 bits per heavy atom. The Kier molecular flexibility index (Phi) is 4.53.